The molecule has 2 rings (SSSR count). The molecule has 1 amide bonds. The van der Waals surface area contributed by atoms with Gasteiger partial charge in [-0.15, -0.1) is 5.10 Å². The summed E-state index contributed by atoms with van der Waals surface area (Å²) in [5, 5.41) is 6.88. The van der Waals surface area contributed by atoms with Crippen molar-refractivity contribution in [3.8, 4) is 0 Å². The number of aryl methyl sites for hydroxylation is 2. The van der Waals surface area contributed by atoms with Gasteiger partial charge in [-0.05, 0) is 26.2 Å². The number of ether oxygens (including phenoxy) is 1. The zero-order chi connectivity index (χ0) is 16.1. The van der Waals surface area contributed by atoms with Crippen LogP contribution in [0, 0.1) is 19.8 Å². The van der Waals surface area contributed by atoms with Crippen LogP contribution in [0.4, 0.5) is 10.7 Å². The van der Waals surface area contributed by atoms with E-state index in [9.17, 15) is 4.79 Å². The van der Waals surface area contributed by atoms with Crippen LogP contribution in [0.25, 0.3) is 4.96 Å². The largest absolute Gasteiger partial charge is 0.449 e. The molecular formula is C15H24N4O2S. The van der Waals surface area contributed by atoms with E-state index in [0.29, 0.717) is 18.5 Å². The molecular weight excluding hydrogens is 300 g/mol. The molecule has 0 saturated carbocycles. The minimum Gasteiger partial charge on any atom is -0.449 e. The van der Waals surface area contributed by atoms with Crippen molar-refractivity contribution in [2.45, 2.75) is 53.4 Å². The van der Waals surface area contributed by atoms with E-state index in [1.807, 2.05) is 13.8 Å². The van der Waals surface area contributed by atoms with E-state index in [2.05, 4.69) is 29.2 Å². The average molecular weight is 324 g/mol. The van der Waals surface area contributed by atoms with Crippen LogP contribution in [0.3, 0.4) is 0 Å². The quantitative estimate of drug-likeness (QED) is 0.830. The Bertz CT molecular complexity index is 635. The van der Waals surface area contributed by atoms with Crippen molar-refractivity contribution in [3.63, 3.8) is 0 Å². The predicted molar refractivity (Wildman–Crippen MR) is 88.6 cm³/mol. The van der Waals surface area contributed by atoms with E-state index in [1.165, 1.54) is 11.3 Å². The van der Waals surface area contributed by atoms with Gasteiger partial charge in [-0.2, -0.15) is 4.98 Å². The third kappa shape index (κ3) is 3.97. The minimum atomic E-state index is -0.484. The maximum absolute atomic E-state index is 11.8. The average Bonchev–Trinajstić information content (AvgIpc) is 2.99. The second kappa shape index (κ2) is 7.58. The van der Waals surface area contributed by atoms with Gasteiger partial charge in [0, 0.05) is 4.88 Å². The number of unbranched alkanes of at least 4 members (excludes halogenated alkanes) is 1. The van der Waals surface area contributed by atoms with Crippen LogP contribution in [0.5, 0.6) is 0 Å². The van der Waals surface area contributed by atoms with Gasteiger partial charge in [0.25, 0.3) is 5.95 Å². The second-order valence-corrected chi connectivity index (χ2v) is 6.70. The fourth-order valence-corrected chi connectivity index (χ4v) is 3.12. The Kier molecular flexibility index (Phi) is 5.76. The van der Waals surface area contributed by atoms with Crippen LogP contribution < -0.4 is 5.32 Å². The Balaban J connectivity index is 1.87. The van der Waals surface area contributed by atoms with Gasteiger partial charge < -0.3 is 4.74 Å². The summed E-state index contributed by atoms with van der Waals surface area (Å²) in [5.41, 5.74) is 1.04. The number of hydrogen-bond acceptors (Lipinski definition) is 5. The molecule has 0 spiro atoms. The maximum Gasteiger partial charge on any atom is 0.414 e. The van der Waals surface area contributed by atoms with E-state index < -0.39 is 6.09 Å². The number of hydrogen-bond donors (Lipinski definition) is 1. The number of aromatic nitrogens is 3. The third-order valence-electron chi connectivity index (χ3n) is 3.86. The molecule has 1 N–H and O–H groups in total. The molecule has 0 aliphatic rings. The fraction of sp³-hybridized carbons (Fsp3) is 0.667. The lowest BCUT2D eigenvalue weighted by Crippen LogP contribution is -2.19. The lowest BCUT2D eigenvalue weighted by Gasteiger charge is -2.14. The summed E-state index contributed by atoms with van der Waals surface area (Å²) in [5.74, 6) is 0.718. The van der Waals surface area contributed by atoms with Crippen molar-refractivity contribution in [3.05, 3.63) is 10.6 Å². The molecule has 0 saturated heterocycles. The molecule has 0 aliphatic heterocycles. The first kappa shape index (κ1) is 16.7. The first-order valence-electron chi connectivity index (χ1n) is 7.81. The number of anilines is 1. The fourth-order valence-electron chi connectivity index (χ4n) is 2.21. The van der Waals surface area contributed by atoms with Gasteiger partial charge in [0.2, 0.25) is 4.96 Å². The summed E-state index contributed by atoms with van der Waals surface area (Å²) in [6.45, 7) is 8.74. The number of nitrogens with one attached hydrogen (secondary N) is 1. The van der Waals surface area contributed by atoms with Crippen molar-refractivity contribution < 1.29 is 9.53 Å². The van der Waals surface area contributed by atoms with E-state index in [4.69, 9.17) is 4.74 Å². The molecule has 0 fully saturated rings. The normalized spacial score (nSPS) is 12.5. The zero-order valence-corrected chi connectivity index (χ0v) is 14.5. The Hall–Kier alpha value is -1.63. The SMILES string of the molecule is CCCCC(CC)COC(=O)Nc1nc2sc(C)c(C)n2n1. The number of thiazole rings is 1. The van der Waals surface area contributed by atoms with Gasteiger partial charge in [0.15, 0.2) is 0 Å². The zero-order valence-electron chi connectivity index (χ0n) is 13.7. The van der Waals surface area contributed by atoms with Gasteiger partial charge in [0.1, 0.15) is 0 Å². The van der Waals surface area contributed by atoms with Crippen LogP contribution in [-0.2, 0) is 4.74 Å². The van der Waals surface area contributed by atoms with Crippen LogP contribution in [-0.4, -0.2) is 27.3 Å². The highest BCUT2D eigenvalue weighted by atomic mass is 32.1. The van der Waals surface area contributed by atoms with Crippen molar-refractivity contribution in [2.75, 3.05) is 11.9 Å². The van der Waals surface area contributed by atoms with Crippen molar-refractivity contribution in [1.82, 2.24) is 14.6 Å². The smallest absolute Gasteiger partial charge is 0.414 e. The van der Waals surface area contributed by atoms with Crippen molar-refractivity contribution in [2.24, 2.45) is 5.92 Å². The summed E-state index contributed by atoms with van der Waals surface area (Å²) in [7, 11) is 0. The Labute approximate surface area is 134 Å². The van der Waals surface area contributed by atoms with E-state index in [0.717, 1.165) is 29.9 Å². The summed E-state index contributed by atoms with van der Waals surface area (Å²) < 4.78 is 7.03. The molecule has 1 atom stereocenters. The molecule has 0 radical (unpaired) electrons. The molecule has 2 aromatic rings. The molecule has 2 heterocycles. The van der Waals surface area contributed by atoms with Crippen LogP contribution in [0.2, 0.25) is 0 Å². The maximum atomic E-state index is 11.8. The Morgan fingerprint density at radius 2 is 2.18 bits per heavy atom. The number of fused-ring (bicyclic) bond motifs is 1. The molecule has 1 unspecified atom stereocenters. The first-order chi connectivity index (χ1) is 10.5. The number of nitrogens with zero attached hydrogens (tertiary/aromatic N) is 3. The van der Waals surface area contributed by atoms with E-state index in [-0.39, 0.29) is 0 Å². The highest BCUT2D eigenvalue weighted by Gasteiger charge is 2.14. The van der Waals surface area contributed by atoms with E-state index >= 15 is 0 Å². The highest BCUT2D eigenvalue weighted by Crippen LogP contribution is 2.21. The topological polar surface area (TPSA) is 68.5 Å². The molecule has 2 aromatic heterocycles. The van der Waals surface area contributed by atoms with Gasteiger partial charge in [-0.1, -0.05) is 44.4 Å². The van der Waals surface area contributed by atoms with Crippen molar-refractivity contribution >= 4 is 28.3 Å². The van der Waals surface area contributed by atoms with Crippen LogP contribution in [0.1, 0.15) is 50.1 Å². The molecule has 122 valence electrons. The molecule has 6 nitrogen and oxygen atoms in total. The Morgan fingerprint density at radius 1 is 1.41 bits per heavy atom. The molecule has 0 bridgehead atoms. The van der Waals surface area contributed by atoms with Crippen molar-refractivity contribution in [1.29, 1.82) is 0 Å². The first-order valence-corrected chi connectivity index (χ1v) is 8.63. The molecule has 0 aromatic carbocycles. The Morgan fingerprint density at radius 3 is 2.82 bits per heavy atom. The lowest BCUT2D eigenvalue weighted by atomic mass is 10.0. The number of amides is 1. The van der Waals surface area contributed by atoms with Gasteiger partial charge in [0.05, 0.1) is 12.3 Å². The number of rotatable bonds is 7. The molecule has 22 heavy (non-hydrogen) atoms. The third-order valence-corrected chi connectivity index (χ3v) is 4.90. The summed E-state index contributed by atoms with van der Waals surface area (Å²) in [6, 6.07) is 0. The van der Waals surface area contributed by atoms with Crippen LogP contribution >= 0.6 is 11.3 Å². The van der Waals surface area contributed by atoms with Gasteiger partial charge in [-0.25, -0.2) is 9.31 Å². The van der Waals surface area contributed by atoms with Crippen LogP contribution in [0.15, 0.2) is 0 Å². The minimum absolute atomic E-state index is 0.293. The number of carbonyl (C=O) groups excluding carboxylic acids is 1. The monoisotopic (exact) mass is 324 g/mol. The van der Waals surface area contributed by atoms with Gasteiger partial charge in [-0.3, -0.25) is 5.32 Å². The van der Waals surface area contributed by atoms with E-state index in [1.54, 1.807) is 15.9 Å². The highest BCUT2D eigenvalue weighted by molar-refractivity contribution is 7.17. The summed E-state index contributed by atoms with van der Waals surface area (Å²) >= 11 is 1.55. The summed E-state index contributed by atoms with van der Waals surface area (Å²) in [6.07, 6.45) is 3.96. The second-order valence-electron chi connectivity index (χ2n) is 5.51. The molecule has 7 heteroatoms. The summed E-state index contributed by atoms with van der Waals surface area (Å²) in [4.78, 5) is 18.1. The lowest BCUT2D eigenvalue weighted by molar-refractivity contribution is 0.136. The van der Waals surface area contributed by atoms with Gasteiger partial charge >= 0.3 is 6.09 Å². The standard InChI is InChI=1S/C15H24N4O2S/c1-5-7-8-12(6-2)9-21-15(20)17-13-16-14-19(18-13)10(3)11(4)22-14/h12H,5-9H2,1-4H3,(H,17,18,20). The predicted octanol–water partition coefficient (Wildman–Crippen LogP) is 4.17. The molecule has 0 aliphatic carbocycles. The number of carbonyl (C=O) groups is 1.